The Morgan fingerprint density at radius 2 is 1.39 bits per heavy atom. The molecule has 1 aromatic carbocycles. The molecule has 2 nitrogen and oxygen atoms in total. The van der Waals surface area contributed by atoms with Crippen LogP contribution in [0, 0.1) is 0 Å². The summed E-state index contributed by atoms with van der Waals surface area (Å²) in [5, 5.41) is 10.5. The molecule has 18 heavy (non-hydrogen) atoms. The summed E-state index contributed by atoms with van der Waals surface area (Å²) >= 11 is 0. The summed E-state index contributed by atoms with van der Waals surface area (Å²) in [6.45, 7) is 15.2. The van der Waals surface area contributed by atoms with E-state index in [1.807, 2.05) is 13.0 Å². The molecular weight excluding hydrogens is 224 g/mol. The fourth-order valence-corrected chi connectivity index (χ4v) is 2.06. The average molecular weight is 250 g/mol. The van der Waals surface area contributed by atoms with Crippen molar-refractivity contribution in [3.63, 3.8) is 0 Å². The lowest BCUT2D eigenvalue weighted by molar-refractivity contribution is 0.304. The highest BCUT2D eigenvalue weighted by Crippen LogP contribution is 2.43. The molecule has 0 atom stereocenters. The lowest BCUT2D eigenvalue weighted by Crippen LogP contribution is -2.17. The molecule has 1 N–H and O–H groups in total. The first-order chi connectivity index (χ1) is 8.09. The van der Waals surface area contributed by atoms with Crippen LogP contribution in [0.3, 0.4) is 0 Å². The van der Waals surface area contributed by atoms with E-state index in [1.54, 1.807) is 0 Å². The summed E-state index contributed by atoms with van der Waals surface area (Å²) in [4.78, 5) is 0. The lowest BCUT2D eigenvalue weighted by atomic mass is 9.81. The predicted octanol–water partition coefficient (Wildman–Crippen LogP) is 4.39. The topological polar surface area (TPSA) is 29.5 Å². The third-order valence-electron chi connectivity index (χ3n) is 3.04. The van der Waals surface area contributed by atoms with Crippen molar-refractivity contribution in [1.29, 1.82) is 0 Å². The zero-order chi connectivity index (χ0) is 14.1. The molecule has 102 valence electrons. The maximum Gasteiger partial charge on any atom is 0.164 e. The summed E-state index contributed by atoms with van der Waals surface area (Å²) in [7, 11) is 0. The Bertz CT molecular complexity index is 420. The van der Waals surface area contributed by atoms with Crippen molar-refractivity contribution in [3.05, 3.63) is 23.3 Å². The molecule has 1 aromatic rings. The van der Waals surface area contributed by atoms with Crippen molar-refractivity contribution in [3.8, 4) is 11.5 Å². The van der Waals surface area contributed by atoms with Gasteiger partial charge < -0.3 is 9.84 Å². The van der Waals surface area contributed by atoms with Crippen LogP contribution in [0.2, 0.25) is 0 Å². The molecule has 0 bridgehead atoms. The van der Waals surface area contributed by atoms with Gasteiger partial charge in [-0.2, -0.15) is 0 Å². The van der Waals surface area contributed by atoms with Crippen LogP contribution in [0.1, 0.15) is 59.6 Å². The van der Waals surface area contributed by atoms with E-state index >= 15 is 0 Å². The van der Waals surface area contributed by atoms with E-state index in [4.69, 9.17) is 4.74 Å². The number of rotatable bonds is 2. The minimum Gasteiger partial charge on any atom is -0.504 e. The van der Waals surface area contributed by atoms with Gasteiger partial charge in [-0.05, 0) is 17.8 Å². The number of benzene rings is 1. The van der Waals surface area contributed by atoms with Gasteiger partial charge in [0.05, 0.1) is 6.61 Å². The van der Waals surface area contributed by atoms with E-state index in [-0.39, 0.29) is 16.6 Å². The Morgan fingerprint density at radius 3 is 1.78 bits per heavy atom. The van der Waals surface area contributed by atoms with Gasteiger partial charge in [0.2, 0.25) is 0 Å². The van der Waals surface area contributed by atoms with Crippen molar-refractivity contribution in [2.24, 2.45) is 0 Å². The minimum absolute atomic E-state index is 0.0433. The number of phenolic OH excluding ortho intramolecular Hbond substituents is 1. The number of aromatic hydroxyl groups is 1. The molecule has 0 saturated carbocycles. The van der Waals surface area contributed by atoms with Crippen LogP contribution >= 0.6 is 0 Å². The van der Waals surface area contributed by atoms with Gasteiger partial charge in [-0.25, -0.2) is 0 Å². The van der Waals surface area contributed by atoms with Gasteiger partial charge >= 0.3 is 0 Å². The predicted molar refractivity (Wildman–Crippen MR) is 76.7 cm³/mol. The molecule has 0 aliphatic heterocycles. The molecule has 0 spiro atoms. The van der Waals surface area contributed by atoms with Crippen LogP contribution in [-0.2, 0) is 10.8 Å². The van der Waals surface area contributed by atoms with E-state index in [0.717, 1.165) is 11.1 Å². The van der Waals surface area contributed by atoms with Crippen LogP contribution in [-0.4, -0.2) is 11.7 Å². The fraction of sp³-hybridized carbons (Fsp3) is 0.625. The molecule has 1 rings (SSSR count). The Kier molecular flexibility index (Phi) is 3.99. The van der Waals surface area contributed by atoms with Gasteiger partial charge in [0, 0.05) is 11.1 Å². The molecule has 0 aliphatic carbocycles. The number of ether oxygens (including phenoxy) is 1. The van der Waals surface area contributed by atoms with Crippen LogP contribution in [0.25, 0.3) is 0 Å². The molecule has 0 radical (unpaired) electrons. The summed E-state index contributed by atoms with van der Waals surface area (Å²) in [5.41, 5.74) is 1.85. The summed E-state index contributed by atoms with van der Waals surface area (Å²) in [6.07, 6.45) is 0. The second-order valence-electron chi connectivity index (χ2n) is 6.77. The highest BCUT2D eigenvalue weighted by atomic mass is 16.5. The SMILES string of the molecule is CCOc1c(C(C)(C)C)ccc(C(C)(C)C)c1O. The maximum atomic E-state index is 10.5. The first-order valence-corrected chi connectivity index (χ1v) is 6.58. The average Bonchev–Trinajstić information content (AvgIpc) is 2.17. The van der Waals surface area contributed by atoms with Crippen LogP contribution in [0.15, 0.2) is 12.1 Å². The van der Waals surface area contributed by atoms with Crippen molar-refractivity contribution in [2.75, 3.05) is 6.61 Å². The number of hydrogen-bond acceptors (Lipinski definition) is 2. The Hall–Kier alpha value is -1.18. The van der Waals surface area contributed by atoms with Gasteiger partial charge in [0.15, 0.2) is 11.5 Å². The van der Waals surface area contributed by atoms with Gasteiger partial charge in [0.25, 0.3) is 0 Å². The summed E-state index contributed by atoms with van der Waals surface area (Å²) in [5.74, 6) is 0.925. The third kappa shape index (κ3) is 2.98. The van der Waals surface area contributed by atoms with E-state index in [9.17, 15) is 5.11 Å². The van der Waals surface area contributed by atoms with Gasteiger partial charge in [-0.1, -0.05) is 53.7 Å². The molecule has 0 aromatic heterocycles. The zero-order valence-electron chi connectivity index (χ0n) is 12.7. The molecule has 0 unspecified atom stereocenters. The maximum absolute atomic E-state index is 10.5. The fourth-order valence-electron chi connectivity index (χ4n) is 2.06. The summed E-state index contributed by atoms with van der Waals surface area (Å²) < 4.78 is 5.68. The second-order valence-corrected chi connectivity index (χ2v) is 6.77. The Balaban J connectivity index is 3.48. The molecule has 0 aliphatic rings. The smallest absolute Gasteiger partial charge is 0.164 e. The number of hydrogen-bond donors (Lipinski definition) is 1. The van der Waals surface area contributed by atoms with Crippen molar-refractivity contribution < 1.29 is 9.84 Å². The van der Waals surface area contributed by atoms with Crippen molar-refractivity contribution >= 4 is 0 Å². The molecule has 0 saturated heterocycles. The monoisotopic (exact) mass is 250 g/mol. The minimum atomic E-state index is -0.0909. The lowest BCUT2D eigenvalue weighted by Gasteiger charge is -2.27. The first kappa shape index (κ1) is 14.9. The van der Waals surface area contributed by atoms with Gasteiger partial charge in [-0.3, -0.25) is 0 Å². The quantitative estimate of drug-likeness (QED) is 0.843. The van der Waals surface area contributed by atoms with E-state index in [2.05, 4.69) is 47.6 Å². The molecular formula is C16H26O2. The Labute approximate surface area is 111 Å². The molecule has 0 amide bonds. The van der Waals surface area contributed by atoms with Gasteiger partial charge in [0.1, 0.15) is 0 Å². The number of phenols is 1. The third-order valence-corrected chi connectivity index (χ3v) is 3.04. The largest absolute Gasteiger partial charge is 0.504 e. The zero-order valence-corrected chi connectivity index (χ0v) is 12.7. The highest BCUT2D eigenvalue weighted by Gasteiger charge is 2.27. The second kappa shape index (κ2) is 4.83. The van der Waals surface area contributed by atoms with E-state index < -0.39 is 0 Å². The van der Waals surface area contributed by atoms with Crippen LogP contribution in [0.5, 0.6) is 11.5 Å². The van der Waals surface area contributed by atoms with Crippen molar-refractivity contribution in [2.45, 2.75) is 59.3 Å². The normalized spacial score (nSPS) is 12.6. The van der Waals surface area contributed by atoms with Crippen LogP contribution in [0.4, 0.5) is 0 Å². The van der Waals surface area contributed by atoms with Crippen molar-refractivity contribution in [1.82, 2.24) is 0 Å². The summed E-state index contributed by atoms with van der Waals surface area (Å²) in [6, 6.07) is 4.09. The van der Waals surface area contributed by atoms with Gasteiger partial charge in [-0.15, -0.1) is 0 Å². The highest BCUT2D eigenvalue weighted by molar-refractivity contribution is 5.55. The van der Waals surface area contributed by atoms with Crippen LogP contribution < -0.4 is 4.74 Å². The molecule has 0 fully saturated rings. The molecule has 0 heterocycles. The van der Waals surface area contributed by atoms with E-state index in [1.165, 1.54) is 0 Å². The standard InChI is InChI=1S/C16H26O2/c1-8-18-14-12(16(5,6)7)10-9-11(13(14)17)15(2,3)4/h9-10,17H,8H2,1-7H3. The van der Waals surface area contributed by atoms with E-state index in [0.29, 0.717) is 12.4 Å². The molecule has 2 heteroatoms. The first-order valence-electron chi connectivity index (χ1n) is 6.58. The Morgan fingerprint density at radius 1 is 0.944 bits per heavy atom.